The van der Waals surface area contributed by atoms with Crippen molar-refractivity contribution in [2.24, 2.45) is 47.3 Å². The molecule has 5 aliphatic rings. The summed E-state index contributed by atoms with van der Waals surface area (Å²) >= 11 is 3.31. The maximum Gasteiger partial charge on any atom is 0.309 e. The average molecular weight is 869 g/mol. The summed E-state index contributed by atoms with van der Waals surface area (Å²) in [6, 6.07) is -0.565. The molecule has 11 nitrogen and oxygen atoms in total. The second kappa shape index (κ2) is 19.1. The smallest absolute Gasteiger partial charge is 0.309 e. The van der Waals surface area contributed by atoms with E-state index in [4.69, 9.17) is 23.7 Å². The van der Waals surface area contributed by atoms with Gasteiger partial charge in [0.15, 0.2) is 11.6 Å². The number of hydrogen-bond donors (Lipinski definition) is 3. The zero-order valence-corrected chi connectivity index (χ0v) is 37.9. The standard InChI is InChI=1S/C45H74BrNO10/c1-11-14-31-16-18-36(53-30(31)9)43(10)21-22-45(56-43)35(47-37(48)24-46)19-20-44(57-45)27(6)23-26(5)41(55-44)33(13-3)39(50)28(7)38(49)29(8)40-25(4)15-17-34(54-40)32(12-2)42(51)52/h19-20,25-36,38,40-41,49H,11-18,21-24H2,1-10H3,(H,47,48)(H,51,52)/t25-,26-,27+,28-,29-,30-,31+,32+,33?,34+,35+,36+,38+,40+,41-,43-,44-,45-/m0/s1. The van der Waals surface area contributed by atoms with E-state index in [0.717, 1.165) is 38.5 Å². The molecule has 57 heavy (non-hydrogen) atoms. The Labute approximate surface area is 350 Å². The van der Waals surface area contributed by atoms with Crippen molar-refractivity contribution in [2.45, 2.75) is 200 Å². The van der Waals surface area contributed by atoms with E-state index in [1.807, 2.05) is 32.9 Å². The highest BCUT2D eigenvalue weighted by Crippen LogP contribution is 2.54. The van der Waals surface area contributed by atoms with Gasteiger partial charge in [-0.15, -0.1) is 0 Å². The molecule has 3 N–H and O–H groups in total. The van der Waals surface area contributed by atoms with Crippen molar-refractivity contribution >= 4 is 33.6 Å². The monoisotopic (exact) mass is 867 g/mol. The Bertz CT molecular complexity index is 1430. The number of carboxylic acids is 1. The van der Waals surface area contributed by atoms with E-state index in [0.29, 0.717) is 38.0 Å². The Morgan fingerprint density at radius 2 is 1.61 bits per heavy atom. The number of ether oxygens (including phenoxy) is 5. The summed E-state index contributed by atoms with van der Waals surface area (Å²) in [5, 5.41) is 24.9. The van der Waals surface area contributed by atoms with Crippen LogP contribution in [0.4, 0.5) is 0 Å². The third-order valence-corrected chi connectivity index (χ3v) is 15.4. The molecule has 0 aliphatic carbocycles. The molecule has 5 aliphatic heterocycles. The van der Waals surface area contributed by atoms with Crippen molar-refractivity contribution in [1.82, 2.24) is 5.32 Å². The molecule has 1 amide bonds. The van der Waals surface area contributed by atoms with Crippen LogP contribution >= 0.6 is 15.9 Å². The molecule has 0 radical (unpaired) electrons. The fourth-order valence-corrected chi connectivity index (χ4v) is 11.3. The zero-order valence-electron chi connectivity index (χ0n) is 36.3. The number of aliphatic carboxylic acids is 1. The van der Waals surface area contributed by atoms with Crippen molar-refractivity contribution in [3.63, 3.8) is 0 Å². The molecule has 0 saturated carbocycles. The van der Waals surface area contributed by atoms with Gasteiger partial charge in [0.25, 0.3) is 0 Å². The SMILES string of the molecule is CCC[C@@H]1CC[C@H]([C@]2(C)CC[C@@]3(O[C@]4(C=C[C@H]3NC(=O)CBr)O[C@H](C(CC)C(=O)[C@@H](C)[C@@H](O)[C@H](C)[C@@H]3O[C@@H]([C@@H](CC)C(=O)O)CC[C@@H]3C)[C@@H](C)C[C@H]4C)O2)O[C@H]1C. The highest BCUT2D eigenvalue weighted by Gasteiger charge is 2.63. The summed E-state index contributed by atoms with van der Waals surface area (Å²) in [6.07, 6.45) is 10.2. The molecular formula is C45H74BrNO10. The summed E-state index contributed by atoms with van der Waals surface area (Å²) in [5.74, 6) is -5.19. The van der Waals surface area contributed by atoms with Gasteiger partial charge >= 0.3 is 5.97 Å². The van der Waals surface area contributed by atoms with E-state index >= 15 is 0 Å². The number of nitrogens with one attached hydrogen (secondary N) is 1. The topological polar surface area (TPSA) is 150 Å². The summed E-state index contributed by atoms with van der Waals surface area (Å²) in [7, 11) is 0. The highest BCUT2D eigenvalue weighted by molar-refractivity contribution is 9.09. The van der Waals surface area contributed by atoms with Crippen LogP contribution in [0.1, 0.15) is 140 Å². The Balaban J connectivity index is 1.36. The van der Waals surface area contributed by atoms with Crippen LogP contribution in [0.2, 0.25) is 0 Å². The lowest BCUT2D eigenvalue weighted by Gasteiger charge is -2.55. The largest absolute Gasteiger partial charge is 0.481 e. The average Bonchev–Trinajstić information content (AvgIpc) is 3.52. The molecule has 326 valence electrons. The van der Waals surface area contributed by atoms with Gasteiger partial charge in [-0.05, 0) is 95.5 Å². The number of alkyl halides is 1. The Hall–Kier alpha value is -1.41. The van der Waals surface area contributed by atoms with Crippen LogP contribution in [-0.2, 0) is 38.1 Å². The molecule has 18 atom stereocenters. The number of carbonyl (C=O) groups excluding carboxylic acids is 2. The quantitative estimate of drug-likeness (QED) is 0.109. The minimum atomic E-state index is -1.22. The summed E-state index contributed by atoms with van der Waals surface area (Å²) in [5.41, 5.74) is -0.644. The molecular weight excluding hydrogens is 794 g/mol. The van der Waals surface area contributed by atoms with Crippen molar-refractivity contribution in [3.05, 3.63) is 12.2 Å². The fraction of sp³-hybridized carbons (Fsp3) is 0.889. The number of hydrogen-bond acceptors (Lipinski definition) is 9. The molecule has 0 aromatic rings. The summed E-state index contributed by atoms with van der Waals surface area (Å²) < 4.78 is 34.6. The second-order valence-electron chi connectivity index (χ2n) is 18.8. The molecule has 1 unspecified atom stereocenters. The first-order valence-electron chi connectivity index (χ1n) is 22.3. The fourth-order valence-electron chi connectivity index (χ4n) is 11.2. The lowest BCUT2D eigenvalue weighted by molar-refractivity contribution is -0.397. The first kappa shape index (κ1) is 46.7. The lowest BCUT2D eigenvalue weighted by atomic mass is 9.72. The van der Waals surface area contributed by atoms with E-state index in [1.54, 1.807) is 6.92 Å². The number of carbonyl (C=O) groups is 3. The van der Waals surface area contributed by atoms with Crippen LogP contribution in [0.25, 0.3) is 0 Å². The predicted octanol–water partition coefficient (Wildman–Crippen LogP) is 7.98. The van der Waals surface area contributed by atoms with E-state index in [1.165, 1.54) is 0 Å². The Morgan fingerprint density at radius 1 is 0.912 bits per heavy atom. The third-order valence-electron chi connectivity index (χ3n) is 14.8. The zero-order chi connectivity index (χ0) is 42.0. The van der Waals surface area contributed by atoms with Crippen LogP contribution in [0.5, 0.6) is 0 Å². The number of aliphatic hydroxyl groups is 1. The molecule has 5 heterocycles. The Kier molecular flexibility index (Phi) is 15.6. The van der Waals surface area contributed by atoms with Crippen molar-refractivity contribution in [3.8, 4) is 0 Å². The minimum Gasteiger partial charge on any atom is -0.481 e. The molecule has 2 spiro atoms. The molecule has 4 saturated heterocycles. The van der Waals surface area contributed by atoms with Crippen molar-refractivity contribution in [1.29, 1.82) is 0 Å². The Morgan fingerprint density at radius 3 is 2.23 bits per heavy atom. The number of Topliss-reactive ketones (excluding diaryl/α,β-unsaturated/α-hetero) is 1. The van der Waals surface area contributed by atoms with Gasteiger partial charge in [0.2, 0.25) is 5.91 Å². The van der Waals surface area contributed by atoms with Crippen LogP contribution in [0.15, 0.2) is 12.2 Å². The third kappa shape index (κ3) is 9.57. The van der Waals surface area contributed by atoms with Gasteiger partial charge in [0.05, 0.1) is 53.5 Å². The van der Waals surface area contributed by atoms with Gasteiger partial charge in [-0.2, -0.15) is 0 Å². The van der Waals surface area contributed by atoms with E-state index in [2.05, 4.69) is 62.8 Å². The summed E-state index contributed by atoms with van der Waals surface area (Å²) in [6.45, 7) is 20.4. The number of amides is 1. The van der Waals surface area contributed by atoms with Gasteiger partial charge in [-0.3, -0.25) is 14.4 Å². The van der Waals surface area contributed by atoms with Crippen molar-refractivity contribution in [2.75, 3.05) is 5.33 Å². The van der Waals surface area contributed by atoms with E-state index in [-0.39, 0.29) is 59.0 Å². The van der Waals surface area contributed by atoms with Crippen LogP contribution in [0.3, 0.4) is 0 Å². The lowest BCUT2D eigenvalue weighted by Crippen LogP contribution is -2.65. The number of rotatable bonds is 15. The molecule has 0 bridgehead atoms. The predicted molar refractivity (Wildman–Crippen MR) is 222 cm³/mol. The normalized spacial score (nSPS) is 42.3. The van der Waals surface area contributed by atoms with Gasteiger partial charge in [-0.25, -0.2) is 0 Å². The van der Waals surface area contributed by atoms with Gasteiger partial charge in [0, 0.05) is 30.1 Å². The number of carboxylic acid groups (broad SMARTS) is 1. The van der Waals surface area contributed by atoms with Crippen molar-refractivity contribution < 1.29 is 48.3 Å². The maximum atomic E-state index is 14.6. The van der Waals surface area contributed by atoms with Gasteiger partial charge in [-0.1, -0.05) is 83.8 Å². The number of ketones is 1. The first-order chi connectivity index (χ1) is 26.9. The summed E-state index contributed by atoms with van der Waals surface area (Å²) in [4.78, 5) is 39.5. The number of aliphatic hydroxyl groups excluding tert-OH is 1. The van der Waals surface area contributed by atoms with Gasteiger partial charge < -0.3 is 39.2 Å². The second-order valence-corrected chi connectivity index (χ2v) is 19.4. The van der Waals surface area contributed by atoms with Crippen LogP contribution in [-0.4, -0.2) is 93.0 Å². The molecule has 12 heteroatoms. The molecule has 0 aromatic heterocycles. The molecule has 5 rings (SSSR count). The van der Waals surface area contributed by atoms with Crippen LogP contribution < -0.4 is 5.32 Å². The van der Waals surface area contributed by atoms with Gasteiger partial charge in [0.1, 0.15) is 11.8 Å². The minimum absolute atomic E-state index is 0.0208. The number of halogens is 1. The van der Waals surface area contributed by atoms with Crippen LogP contribution in [0, 0.1) is 47.3 Å². The highest BCUT2D eigenvalue weighted by atomic mass is 79.9. The van der Waals surface area contributed by atoms with E-state index in [9.17, 15) is 24.6 Å². The first-order valence-corrected chi connectivity index (χ1v) is 23.4. The molecule has 4 fully saturated rings. The maximum absolute atomic E-state index is 14.6. The van der Waals surface area contributed by atoms with E-state index < -0.39 is 65.3 Å². The molecule has 0 aromatic carbocycles.